The van der Waals surface area contributed by atoms with Crippen molar-refractivity contribution in [1.82, 2.24) is 0 Å². The summed E-state index contributed by atoms with van der Waals surface area (Å²) in [6, 6.07) is 0. The van der Waals surface area contributed by atoms with Crippen molar-refractivity contribution in [3.63, 3.8) is 0 Å². The highest BCUT2D eigenvalue weighted by Crippen LogP contribution is 2.67. The Bertz CT molecular complexity index is 560. The molecule has 4 rings (SSSR count). The first-order valence-corrected chi connectivity index (χ1v) is 10.6. The predicted molar refractivity (Wildman–Crippen MR) is 101 cm³/mol. The molecule has 3 saturated carbocycles. The smallest absolute Gasteiger partial charge is 0.0579 e. The Kier molecular flexibility index (Phi) is 4.37. The van der Waals surface area contributed by atoms with E-state index in [0.29, 0.717) is 30.2 Å². The van der Waals surface area contributed by atoms with Crippen molar-refractivity contribution in [2.45, 2.75) is 77.9 Å². The van der Waals surface area contributed by atoms with Crippen LogP contribution in [0, 0.1) is 40.4 Å². The number of aliphatic hydroxyl groups excluding tert-OH is 2. The fraction of sp³-hybridized carbons (Fsp3) is 0.909. The van der Waals surface area contributed by atoms with Gasteiger partial charge in [0.2, 0.25) is 0 Å². The van der Waals surface area contributed by atoms with E-state index in [1.165, 1.54) is 18.4 Å². The second-order valence-electron chi connectivity index (χ2n) is 10.2. The molecular weight excluding hydrogens is 310 g/mol. The Morgan fingerprint density at radius 2 is 1.96 bits per heavy atom. The second-order valence-corrected chi connectivity index (χ2v) is 10.2. The minimum atomic E-state index is -0.182. The zero-order chi connectivity index (χ0) is 18.0. The monoisotopic (exact) mass is 347 g/mol. The van der Waals surface area contributed by atoms with Crippen molar-refractivity contribution in [3.05, 3.63) is 11.6 Å². The molecule has 9 atom stereocenters. The molecule has 3 fully saturated rings. The van der Waals surface area contributed by atoms with Gasteiger partial charge in [0.15, 0.2) is 0 Å². The molecule has 0 amide bonds. The highest BCUT2D eigenvalue weighted by molar-refractivity contribution is 5.25. The maximum Gasteiger partial charge on any atom is 0.0579 e. The van der Waals surface area contributed by atoms with E-state index in [4.69, 9.17) is 5.73 Å². The minimum absolute atomic E-state index is 0.132. The van der Waals surface area contributed by atoms with E-state index in [-0.39, 0.29) is 23.0 Å². The van der Waals surface area contributed by atoms with Crippen LogP contribution < -0.4 is 5.73 Å². The topological polar surface area (TPSA) is 66.5 Å². The molecule has 142 valence electrons. The molecule has 0 spiro atoms. The van der Waals surface area contributed by atoms with Gasteiger partial charge in [-0.25, -0.2) is 0 Å². The van der Waals surface area contributed by atoms with Crippen molar-refractivity contribution >= 4 is 0 Å². The van der Waals surface area contributed by atoms with E-state index in [1.807, 2.05) is 0 Å². The first-order chi connectivity index (χ1) is 11.8. The number of hydrogen-bond donors (Lipinski definition) is 3. The summed E-state index contributed by atoms with van der Waals surface area (Å²) in [5.41, 5.74) is 8.06. The zero-order valence-corrected chi connectivity index (χ0v) is 16.2. The summed E-state index contributed by atoms with van der Waals surface area (Å²) in [5.74, 6) is 2.82. The van der Waals surface area contributed by atoms with Crippen molar-refractivity contribution in [2.75, 3.05) is 6.54 Å². The van der Waals surface area contributed by atoms with Gasteiger partial charge in [0.25, 0.3) is 0 Å². The van der Waals surface area contributed by atoms with Crippen LogP contribution in [-0.2, 0) is 0 Å². The lowest BCUT2D eigenvalue weighted by molar-refractivity contribution is -0.0603. The Morgan fingerprint density at radius 1 is 1.20 bits per heavy atom. The van der Waals surface area contributed by atoms with Crippen LogP contribution in [0.15, 0.2) is 11.6 Å². The molecule has 4 aliphatic rings. The number of hydrogen-bond acceptors (Lipinski definition) is 3. The van der Waals surface area contributed by atoms with Crippen molar-refractivity contribution in [3.8, 4) is 0 Å². The van der Waals surface area contributed by atoms with Crippen molar-refractivity contribution in [1.29, 1.82) is 0 Å². The molecular formula is C22H37NO2. The van der Waals surface area contributed by atoms with Gasteiger partial charge in [-0.3, -0.25) is 0 Å². The van der Waals surface area contributed by atoms with Crippen LogP contribution in [0.1, 0.15) is 65.7 Å². The maximum absolute atomic E-state index is 10.9. The summed E-state index contributed by atoms with van der Waals surface area (Å²) in [6.07, 6.45) is 9.76. The molecule has 0 aromatic carbocycles. The molecule has 4 aliphatic carbocycles. The first-order valence-electron chi connectivity index (χ1n) is 10.6. The van der Waals surface area contributed by atoms with Crippen LogP contribution >= 0.6 is 0 Å². The lowest BCUT2D eigenvalue weighted by atomic mass is 9.47. The number of nitrogens with two attached hydrogens (primary N) is 1. The van der Waals surface area contributed by atoms with E-state index in [9.17, 15) is 10.2 Å². The third-order valence-corrected chi connectivity index (χ3v) is 9.17. The maximum atomic E-state index is 10.9. The van der Waals surface area contributed by atoms with Gasteiger partial charge in [-0.2, -0.15) is 0 Å². The Hall–Kier alpha value is -0.380. The minimum Gasteiger partial charge on any atom is -0.393 e. The van der Waals surface area contributed by atoms with Gasteiger partial charge in [-0.15, -0.1) is 0 Å². The van der Waals surface area contributed by atoms with Gasteiger partial charge < -0.3 is 15.9 Å². The number of allylic oxidation sites excluding steroid dienone is 1. The van der Waals surface area contributed by atoms with E-state index < -0.39 is 0 Å². The van der Waals surface area contributed by atoms with Crippen molar-refractivity contribution < 1.29 is 10.2 Å². The van der Waals surface area contributed by atoms with E-state index in [0.717, 1.165) is 38.0 Å². The molecule has 3 nitrogen and oxygen atoms in total. The standard InChI is InChI=1S/C22H37NO2/c1-13(12-23)20-19(25)11-18-16-5-4-14-10-15(24)6-8-21(14,2)17(16)7-9-22(18,20)3/h4,13,15-20,24-25H,5-12,23H2,1-3H3/t13-,15+,16?,17?,18?,19+,20?,21?,22?/m1/s1. The summed E-state index contributed by atoms with van der Waals surface area (Å²) in [5, 5.41) is 21.0. The summed E-state index contributed by atoms with van der Waals surface area (Å²) in [4.78, 5) is 0. The average Bonchev–Trinajstić information content (AvgIpc) is 2.85. The van der Waals surface area contributed by atoms with Gasteiger partial charge >= 0.3 is 0 Å². The van der Waals surface area contributed by atoms with Gasteiger partial charge in [0.05, 0.1) is 12.2 Å². The highest BCUT2D eigenvalue weighted by Gasteiger charge is 2.61. The first kappa shape index (κ1) is 18.0. The van der Waals surface area contributed by atoms with Crippen LogP contribution in [0.2, 0.25) is 0 Å². The fourth-order valence-corrected chi connectivity index (χ4v) is 7.87. The molecule has 3 heteroatoms. The summed E-state index contributed by atoms with van der Waals surface area (Å²) >= 11 is 0. The number of aliphatic hydroxyl groups is 2. The lowest BCUT2D eigenvalue weighted by Crippen LogP contribution is -2.51. The van der Waals surface area contributed by atoms with Gasteiger partial charge in [0, 0.05) is 0 Å². The Labute approximate surface area is 153 Å². The fourth-order valence-electron chi connectivity index (χ4n) is 7.87. The van der Waals surface area contributed by atoms with E-state index in [1.54, 1.807) is 0 Å². The molecule has 0 saturated heterocycles. The molecule has 4 N–H and O–H groups in total. The molecule has 0 aromatic rings. The predicted octanol–water partition coefficient (Wildman–Crippen LogP) is 3.49. The molecule has 0 bridgehead atoms. The summed E-state index contributed by atoms with van der Waals surface area (Å²) in [6.45, 7) is 7.83. The third-order valence-electron chi connectivity index (χ3n) is 9.17. The zero-order valence-electron chi connectivity index (χ0n) is 16.2. The van der Waals surface area contributed by atoms with Gasteiger partial charge in [-0.05, 0) is 91.9 Å². The van der Waals surface area contributed by atoms with Gasteiger partial charge in [0.1, 0.15) is 0 Å². The third kappa shape index (κ3) is 2.49. The van der Waals surface area contributed by atoms with Crippen LogP contribution in [0.5, 0.6) is 0 Å². The lowest BCUT2D eigenvalue weighted by Gasteiger charge is -2.58. The van der Waals surface area contributed by atoms with E-state index >= 15 is 0 Å². The Balaban J connectivity index is 1.66. The largest absolute Gasteiger partial charge is 0.393 e. The van der Waals surface area contributed by atoms with Crippen molar-refractivity contribution in [2.24, 2.45) is 46.2 Å². The SMILES string of the molecule is C[C@H](CN)C1[C@@H](O)CC2C3CC=C4C[C@@H](O)CCC4(C)C3CCC21C. The van der Waals surface area contributed by atoms with Crippen LogP contribution in [0.4, 0.5) is 0 Å². The normalized spacial score (nSPS) is 53.4. The molecule has 0 heterocycles. The molecule has 25 heavy (non-hydrogen) atoms. The molecule has 0 radical (unpaired) electrons. The highest BCUT2D eigenvalue weighted by atomic mass is 16.3. The Morgan fingerprint density at radius 3 is 2.68 bits per heavy atom. The van der Waals surface area contributed by atoms with Crippen LogP contribution in [-0.4, -0.2) is 29.0 Å². The van der Waals surface area contributed by atoms with E-state index in [2.05, 4.69) is 26.8 Å². The number of fused-ring (bicyclic) bond motifs is 5. The second kappa shape index (κ2) is 6.07. The average molecular weight is 348 g/mol. The van der Waals surface area contributed by atoms with Gasteiger partial charge in [-0.1, -0.05) is 32.4 Å². The van der Waals surface area contributed by atoms with Crippen LogP contribution in [0.3, 0.4) is 0 Å². The molecule has 6 unspecified atom stereocenters. The molecule has 0 aromatic heterocycles. The number of rotatable bonds is 2. The quantitative estimate of drug-likeness (QED) is 0.670. The summed E-state index contributed by atoms with van der Waals surface area (Å²) < 4.78 is 0. The summed E-state index contributed by atoms with van der Waals surface area (Å²) in [7, 11) is 0. The van der Waals surface area contributed by atoms with Crippen LogP contribution in [0.25, 0.3) is 0 Å². The molecule has 0 aliphatic heterocycles.